The summed E-state index contributed by atoms with van der Waals surface area (Å²) in [5.74, 6) is 0. The first-order chi connectivity index (χ1) is 10.8. The third kappa shape index (κ3) is 2.44. The Bertz CT molecular complexity index is 707. The Hall–Kier alpha value is -2.06. The lowest BCUT2D eigenvalue weighted by atomic mass is 10.0. The molecule has 108 valence electrons. The number of benzene rings is 3. The molecule has 0 saturated carbocycles. The summed E-state index contributed by atoms with van der Waals surface area (Å²) < 4.78 is 1.12. The first-order valence-electron chi connectivity index (χ1n) is 7.48. The predicted molar refractivity (Wildman–Crippen MR) is 95.0 cm³/mol. The Balaban J connectivity index is 1.73. The van der Waals surface area contributed by atoms with Crippen LogP contribution in [0.4, 0.5) is 5.69 Å². The standard InChI is InChI=1S/C20H16BrN/c21-17-11-13-18(14-12-17)22-19(15-7-3-1-4-8-15)20(22)16-9-5-2-6-10-16/h1-14,19-20H. The van der Waals surface area contributed by atoms with Gasteiger partial charge in [0.05, 0.1) is 12.1 Å². The Morgan fingerprint density at radius 2 is 1.05 bits per heavy atom. The molecule has 0 amide bonds. The van der Waals surface area contributed by atoms with Crippen molar-refractivity contribution in [2.45, 2.75) is 12.1 Å². The maximum atomic E-state index is 3.52. The highest BCUT2D eigenvalue weighted by atomic mass is 79.9. The van der Waals surface area contributed by atoms with Crippen LogP contribution in [0.2, 0.25) is 0 Å². The summed E-state index contributed by atoms with van der Waals surface area (Å²) >= 11 is 3.52. The minimum atomic E-state index is 0.421. The zero-order chi connectivity index (χ0) is 14.9. The molecule has 2 atom stereocenters. The van der Waals surface area contributed by atoms with Gasteiger partial charge >= 0.3 is 0 Å². The summed E-state index contributed by atoms with van der Waals surface area (Å²) in [5.41, 5.74) is 4.02. The summed E-state index contributed by atoms with van der Waals surface area (Å²) in [7, 11) is 0. The van der Waals surface area contributed by atoms with Gasteiger partial charge in [-0.2, -0.15) is 0 Å². The van der Waals surface area contributed by atoms with Gasteiger partial charge in [0.15, 0.2) is 0 Å². The maximum absolute atomic E-state index is 3.52. The number of anilines is 1. The van der Waals surface area contributed by atoms with Gasteiger partial charge in [-0.3, -0.25) is 0 Å². The zero-order valence-electron chi connectivity index (χ0n) is 12.1. The summed E-state index contributed by atoms with van der Waals surface area (Å²) in [4.78, 5) is 2.48. The molecule has 1 nitrogen and oxygen atoms in total. The van der Waals surface area contributed by atoms with Crippen LogP contribution in [-0.4, -0.2) is 0 Å². The molecule has 2 heteroatoms. The van der Waals surface area contributed by atoms with Crippen LogP contribution in [0.25, 0.3) is 0 Å². The van der Waals surface area contributed by atoms with E-state index >= 15 is 0 Å². The molecule has 1 saturated heterocycles. The summed E-state index contributed by atoms with van der Waals surface area (Å²) in [6.45, 7) is 0. The quantitative estimate of drug-likeness (QED) is 0.544. The highest BCUT2D eigenvalue weighted by molar-refractivity contribution is 9.10. The second-order valence-corrected chi connectivity index (χ2v) is 6.51. The van der Waals surface area contributed by atoms with E-state index in [1.807, 2.05) is 0 Å². The molecule has 1 heterocycles. The van der Waals surface area contributed by atoms with Crippen molar-refractivity contribution in [3.8, 4) is 0 Å². The highest BCUT2D eigenvalue weighted by Gasteiger charge is 2.49. The van der Waals surface area contributed by atoms with Crippen LogP contribution in [0.15, 0.2) is 89.4 Å². The van der Waals surface area contributed by atoms with Gasteiger partial charge in [0.1, 0.15) is 0 Å². The summed E-state index contributed by atoms with van der Waals surface area (Å²) in [6, 6.07) is 30.9. The number of hydrogen-bond acceptors (Lipinski definition) is 1. The van der Waals surface area contributed by atoms with Crippen molar-refractivity contribution >= 4 is 21.6 Å². The molecule has 22 heavy (non-hydrogen) atoms. The Kier molecular flexibility index (Phi) is 3.47. The average molecular weight is 350 g/mol. The minimum Gasteiger partial charge on any atom is -0.353 e. The SMILES string of the molecule is Brc1ccc(N2C(c3ccccc3)C2c2ccccc2)cc1. The molecule has 0 aromatic heterocycles. The van der Waals surface area contributed by atoms with Gasteiger partial charge in [-0.1, -0.05) is 76.6 Å². The van der Waals surface area contributed by atoms with Gasteiger partial charge in [-0.25, -0.2) is 0 Å². The molecular weight excluding hydrogens is 334 g/mol. The van der Waals surface area contributed by atoms with Crippen LogP contribution in [0.1, 0.15) is 23.2 Å². The topological polar surface area (TPSA) is 3.01 Å². The van der Waals surface area contributed by atoms with E-state index in [9.17, 15) is 0 Å². The Labute approximate surface area is 139 Å². The van der Waals surface area contributed by atoms with Crippen molar-refractivity contribution in [2.24, 2.45) is 0 Å². The molecule has 0 N–H and O–H groups in total. The lowest BCUT2D eigenvalue weighted by Gasteiger charge is -2.07. The van der Waals surface area contributed by atoms with Crippen molar-refractivity contribution < 1.29 is 0 Å². The van der Waals surface area contributed by atoms with E-state index in [-0.39, 0.29) is 0 Å². The Morgan fingerprint density at radius 1 is 0.591 bits per heavy atom. The van der Waals surface area contributed by atoms with Crippen molar-refractivity contribution in [1.82, 2.24) is 0 Å². The minimum absolute atomic E-state index is 0.421. The van der Waals surface area contributed by atoms with Gasteiger partial charge in [0.25, 0.3) is 0 Å². The monoisotopic (exact) mass is 349 g/mol. The van der Waals surface area contributed by atoms with E-state index in [0.29, 0.717) is 12.1 Å². The maximum Gasteiger partial charge on any atom is 0.0795 e. The second-order valence-electron chi connectivity index (χ2n) is 5.59. The summed E-state index contributed by atoms with van der Waals surface area (Å²) in [5, 5.41) is 0. The smallest absolute Gasteiger partial charge is 0.0795 e. The molecule has 2 unspecified atom stereocenters. The molecule has 0 bridgehead atoms. The van der Waals surface area contributed by atoms with Crippen molar-refractivity contribution in [3.63, 3.8) is 0 Å². The van der Waals surface area contributed by atoms with Gasteiger partial charge in [-0.15, -0.1) is 0 Å². The molecule has 4 rings (SSSR count). The fourth-order valence-electron chi connectivity index (χ4n) is 3.15. The molecule has 3 aromatic carbocycles. The van der Waals surface area contributed by atoms with E-state index < -0.39 is 0 Å². The van der Waals surface area contributed by atoms with E-state index in [4.69, 9.17) is 0 Å². The number of halogens is 1. The van der Waals surface area contributed by atoms with Gasteiger partial charge in [-0.05, 0) is 35.4 Å². The van der Waals surface area contributed by atoms with Crippen LogP contribution in [0.3, 0.4) is 0 Å². The molecule has 1 fully saturated rings. The first-order valence-corrected chi connectivity index (χ1v) is 8.28. The van der Waals surface area contributed by atoms with Crippen LogP contribution < -0.4 is 4.90 Å². The molecule has 0 radical (unpaired) electrons. The van der Waals surface area contributed by atoms with E-state index in [1.54, 1.807) is 0 Å². The second kappa shape index (κ2) is 5.62. The van der Waals surface area contributed by atoms with Crippen LogP contribution in [0, 0.1) is 0 Å². The lowest BCUT2D eigenvalue weighted by Crippen LogP contribution is -1.95. The van der Waals surface area contributed by atoms with Gasteiger partial charge in [0, 0.05) is 10.2 Å². The molecule has 1 aliphatic rings. The average Bonchev–Trinajstić information content (AvgIpc) is 3.33. The first kappa shape index (κ1) is 13.6. The molecule has 0 spiro atoms. The molecule has 1 aliphatic heterocycles. The van der Waals surface area contributed by atoms with Crippen molar-refractivity contribution in [3.05, 3.63) is 101 Å². The van der Waals surface area contributed by atoms with Crippen LogP contribution in [0.5, 0.6) is 0 Å². The number of nitrogens with zero attached hydrogens (tertiary/aromatic N) is 1. The summed E-state index contributed by atoms with van der Waals surface area (Å²) in [6.07, 6.45) is 0. The van der Waals surface area contributed by atoms with E-state index in [1.165, 1.54) is 16.8 Å². The molecule has 0 aliphatic carbocycles. The number of rotatable bonds is 3. The fraction of sp³-hybridized carbons (Fsp3) is 0.100. The third-order valence-corrected chi connectivity index (χ3v) is 4.74. The molecule has 3 aromatic rings. The normalized spacial score (nSPS) is 20.0. The zero-order valence-corrected chi connectivity index (χ0v) is 13.6. The van der Waals surface area contributed by atoms with E-state index in [2.05, 4.69) is 106 Å². The van der Waals surface area contributed by atoms with Gasteiger partial charge < -0.3 is 4.90 Å². The van der Waals surface area contributed by atoms with Crippen LogP contribution in [-0.2, 0) is 0 Å². The highest BCUT2D eigenvalue weighted by Crippen LogP contribution is 2.56. The number of hydrogen-bond donors (Lipinski definition) is 0. The van der Waals surface area contributed by atoms with Gasteiger partial charge in [0.2, 0.25) is 0 Å². The fourth-order valence-corrected chi connectivity index (χ4v) is 3.42. The Morgan fingerprint density at radius 3 is 1.50 bits per heavy atom. The van der Waals surface area contributed by atoms with Crippen molar-refractivity contribution in [1.29, 1.82) is 0 Å². The lowest BCUT2D eigenvalue weighted by molar-refractivity contribution is 1.03. The third-order valence-electron chi connectivity index (χ3n) is 4.22. The predicted octanol–water partition coefficient (Wildman–Crippen LogP) is 5.75. The largest absolute Gasteiger partial charge is 0.353 e. The van der Waals surface area contributed by atoms with Crippen LogP contribution >= 0.6 is 15.9 Å². The molecular formula is C20H16BrN. The van der Waals surface area contributed by atoms with E-state index in [0.717, 1.165) is 4.47 Å². The van der Waals surface area contributed by atoms with Crippen molar-refractivity contribution in [2.75, 3.05) is 4.90 Å².